The van der Waals surface area contributed by atoms with Gasteiger partial charge in [-0.15, -0.1) is 0 Å². The molecule has 82 valence electrons. The van der Waals surface area contributed by atoms with Crippen molar-refractivity contribution in [3.8, 4) is 17.0 Å². The van der Waals surface area contributed by atoms with Crippen molar-refractivity contribution < 1.29 is 4.74 Å². The molecule has 0 radical (unpaired) electrons. The van der Waals surface area contributed by atoms with Gasteiger partial charge in [-0.1, -0.05) is 0 Å². The largest absolute Gasteiger partial charge is 0.478 e. The summed E-state index contributed by atoms with van der Waals surface area (Å²) in [5.74, 6) is 0.488. The molecular weight excluding hydrogens is 204 g/mol. The van der Waals surface area contributed by atoms with Gasteiger partial charge in [-0.3, -0.25) is 4.79 Å². The minimum atomic E-state index is -0.142. The van der Waals surface area contributed by atoms with E-state index in [4.69, 9.17) is 4.74 Å². The Hall–Kier alpha value is -2.10. The molecule has 0 amide bonds. The lowest BCUT2D eigenvalue weighted by atomic mass is 10.1. The van der Waals surface area contributed by atoms with Gasteiger partial charge in [0.2, 0.25) is 5.88 Å². The second-order valence-electron chi connectivity index (χ2n) is 3.20. The Morgan fingerprint density at radius 3 is 2.88 bits per heavy atom. The molecule has 0 aliphatic heterocycles. The van der Waals surface area contributed by atoms with Crippen molar-refractivity contribution >= 4 is 0 Å². The third kappa shape index (κ3) is 1.95. The molecule has 0 aromatic carbocycles. The van der Waals surface area contributed by atoms with Crippen LogP contribution in [0.2, 0.25) is 0 Å². The summed E-state index contributed by atoms with van der Waals surface area (Å²) in [6.07, 6.45) is 3.24. The second kappa shape index (κ2) is 4.61. The van der Waals surface area contributed by atoms with Gasteiger partial charge in [-0.2, -0.15) is 0 Å². The maximum Gasteiger partial charge on any atom is 0.256 e. The fraction of sp³-hybridized carbons (Fsp3) is 0.167. The third-order valence-corrected chi connectivity index (χ3v) is 2.16. The number of nitrogens with one attached hydrogen (secondary N) is 1. The van der Waals surface area contributed by atoms with E-state index in [1.807, 2.05) is 13.0 Å². The van der Waals surface area contributed by atoms with Crippen LogP contribution < -0.4 is 10.3 Å². The molecule has 0 saturated heterocycles. The van der Waals surface area contributed by atoms with Gasteiger partial charge in [0, 0.05) is 18.0 Å². The van der Waals surface area contributed by atoms with Crippen LogP contribution in [0.15, 0.2) is 41.5 Å². The Labute approximate surface area is 92.9 Å². The first-order valence-electron chi connectivity index (χ1n) is 5.09. The van der Waals surface area contributed by atoms with E-state index in [1.165, 1.54) is 0 Å². The highest BCUT2D eigenvalue weighted by molar-refractivity contribution is 5.67. The number of ether oxygens (including phenoxy) is 1. The van der Waals surface area contributed by atoms with E-state index in [0.29, 0.717) is 23.6 Å². The van der Waals surface area contributed by atoms with Crippen LogP contribution in [0.1, 0.15) is 6.92 Å². The predicted molar refractivity (Wildman–Crippen MR) is 61.5 cm³/mol. The highest BCUT2D eigenvalue weighted by Crippen LogP contribution is 2.24. The van der Waals surface area contributed by atoms with Crippen LogP contribution in [-0.4, -0.2) is 16.6 Å². The fourth-order valence-corrected chi connectivity index (χ4v) is 1.48. The summed E-state index contributed by atoms with van der Waals surface area (Å²) in [6.45, 7) is 2.41. The number of hydrogen-bond donors (Lipinski definition) is 1. The molecule has 0 aliphatic rings. The van der Waals surface area contributed by atoms with Gasteiger partial charge in [0.05, 0.1) is 12.2 Å². The first kappa shape index (κ1) is 10.4. The second-order valence-corrected chi connectivity index (χ2v) is 3.20. The van der Waals surface area contributed by atoms with Crippen molar-refractivity contribution in [1.82, 2.24) is 9.97 Å². The molecule has 0 bridgehead atoms. The van der Waals surface area contributed by atoms with E-state index in [-0.39, 0.29) is 5.56 Å². The van der Waals surface area contributed by atoms with Gasteiger partial charge in [0.1, 0.15) is 0 Å². The molecule has 4 heteroatoms. The number of nitrogens with zero attached hydrogens (tertiary/aromatic N) is 1. The van der Waals surface area contributed by atoms with Crippen LogP contribution in [0, 0.1) is 0 Å². The highest BCUT2D eigenvalue weighted by Gasteiger charge is 2.09. The van der Waals surface area contributed by atoms with Crippen molar-refractivity contribution in [3.05, 3.63) is 47.0 Å². The minimum Gasteiger partial charge on any atom is -0.478 e. The summed E-state index contributed by atoms with van der Waals surface area (Å²) in [4.78, 5) is 18.4. The number of pyridine rings is 2. The van der Waals surface area contributed by atoms with Crippen molar-refractivity contribution in [1.29, 1.82) is 0 Å². The van der Waals surface area contributed by atoms with Crippen molar-refractivity contribution in [2.24, 2.45) is 0 Å². The summed E-state index contributed by atoms with van der Waals surface area (Å²) in [7, 11) is 0. The molecule has 2 rings (SSSR count). The quantitative estimate of drug-likeness (QED) is 0.851. The van der Waals surface area contributed by atoms with E-state index in [0.717, 1.165) is 0 Å². The third-order valence-electron chi connectivity index (χ3n) is 2.16. The van der Waals surface area contributed by atoms with E-state index >= 15 is 0 Å². The first-order valence-corrected chi connectivity index (χ1v) is 5.09. The molecule has 1 N–H and O–H groups in total. The van der Waals surface area contributed by atoms with Crippen molar-refractivity contribution in [2.75, 3.05) is 6.61 Å². The van der Waals surface area contributed by atoms with Gasteiger partial charge in [0.25, 0.3) is 5.56 Å². The topological polar surface area (TPSA) is 55.0 Å². The van der Waals surface area contributed by atoms with Crippen molar-refractivity contribution in [3.63, 3.8) is 0 Å². The molecule has 16 heavy (non-hydrogen) atoms. The van der Waals surface area contributed by atoms with Crippen molar-refractivity contribution in [2.45, 2.75) is 6.92 Å². The van der Waals surface area contributed by atoms with Crippen LogP contribution >= 0.6 is 0 Å². The monoisotopic (exact) mass is 216 g/mol. The molecular formula is C12H12N2O2. The summed E-state index contributed by atoms with van der Waals surface area (Å²) < 4.78 is 5.38. The standard InChI is InChI=1S/C12H12N2O2/c1-2-16-12-10(6-4-8-14-12)9-5-3-7-13-11(9)15/h3-8H,2H2,1H3,(H,13,15). The number of hydrogen-bond acceptors (Lipinski definition) is 3. The van der Waals surface area contributed by atoms with Crippen LogP contribution in [0.25, 0.3) is 11.1 Å². The zero-order valence-corrected chi connectivity index (χ0v) is 8.93. The molecule has 2 aromatic heterocycles. The smallest absolute Gasteiger partial charge is 0.256 e. The molecule has 4 nitrogen and oxygen atoms in total. The Balaban J connectivity index is 2.56. The SMILES string of the molecule is CCOc1ncccc1-c1ccc[nH]c1=O. The van der Waals surface area contributed by atoms with Crippen LogP contribution in [-0.2, 0) is 0 Å². The van der Waals surface area contributed by atoms with E-state index < -0.39 is 0 Å². The molecule has 0 fully saturated rings. The Bertz CT molecular complexity index is 534. The summed E-state index contributed by atoms with van der Waals surface area (Å²) in [5, 5.41) is 0. The zero-order chi connectivity index (χ0) is 11.4. The maximum atomic E-state index is 11.6. The molecule has 0 atom stereocenters. The molecule has 2 aromatic rings. The summed E-state index contributed by atoms with van der Waals surface area (Å²) in [5.41, 5.74) is 1.14. The lowest BCUT2D eigenvalue weighted by molar-refractivity contribution is 0.328. The molecule has 2 heterocycles. The molecule has 0 saturated carbocycles. The van der Waals surface area contributed by atoms with Crippen LogP contribution in [0.3, 0.4) is 0 Å². The van der Waals surface area contributed by atoms with Gasteiger partial charge < -0.3 is 9.72 Å². The Morgan fingerprint density at radius 2 is 2.12 bits per heavy atom. The number of aromatic amines is 1. The molecule has 0 spiro atoms. The van der Waals surface area contributed by atoms with Gasteiger partial charge in [0.15, 0.2) is 0 Å². The lowest BCUT2D eigenvalue weighted by Gasteiger charge is -2.07. The van der Waals surface area contributed by atoms with E-state index in [2.05, 4.69) is 9.97 Å². The average molecular weight is 216 g/mol. The normalized spacial score (nSPS) is 10.1. The highest BCUT2D eigenvalue weighted by atomic mass is 16.5. The average Bonchev–Trinajstić information content (AvgIpc) is 2.31. The van der Waals surface area contributed by atoms with Gasteiger partial charge in [-0.25, -0.2) is 4.98 Å². The van der Waals surface area contributed by atoms with Crippen LogP contribution in [0.5, 0.6) is 5.88 Å². The molecule has 0 aliphatic carbocycles. The Morgan fingerprint density at radius 1 is 1.31 bits per heavy atom. The van der Waals surface area contributed by atoms with Gasteiger partial charge >= 0.3 is 0 Å². The first-order chi connectivity index (χ1) is 7.83. The molecule has 0 unspecified atom stereocenters. The number of rotatable bonds is 3. The lowest BCUT2D eigenvalue weighted by Crippen LogP contribution is -2.08. The fourth-order valence-electron chi connectivity index (χ4n) is 1.48. The van der Waals surface area contributed by atoms with E-state index in [1.54, 1.807) is 30.6 Å². The summed E-state index contributed by atoms with van der Waals surface area (Å²) in [6, 6.07) is 7.13. The summed E-state index contributed by atoms with van der Waals surface area (Å²) >= 11 is 0. The predicted octanol–water partition coefficient (Wildman–Crippen LogP) is 1.84. The number of aromatic nitrogens is 2. The Kier molecular flexibility index (Phi) is 3.00. The van der Waals surface area contributed by atoms with Crippen LogP contribution in [0.4, 0.5) is 0 Å². The zero-order valence-electron chi connectivity index (χ0n) is 8.93. The minimum absolute atomic E-state index is 0.142. The number of H-pyrrole nitrogens is 1. The maximum absolute atomic E-state index is 11.6. The van der Waals surface area contributed by atoms with Gasteiger partial charge in [-0.05, 0) is 31.2 Å². The van der Waals surface area contributed by atoms with E-state index in [9.17, 15) is 4.79 Å².